The van der Waals surface area contributed by atoms with Crippen molar-refractivity contribution in [1.29, 1.82) is 0 Å². The van der Waals surface area contributed by atoms with Crippen LogP contribution in [0.25, 0.3) is 78.4 Å². The van der Waals surface area contributed by atoms with Crippen LogP contribution in [-0.2, 0) is 0 Å². The average molecular weight is 732 g/mol. The third-order valence-corrected chi connectivity index (χ3v) is 10.9. The van der Waals surface area contributed by atoms with Gasteiger partial charge in [-0.2, -0.15) is 0 Å². The van der Waals surface area contributed by atoms with Gasteiger partial charge in [-0.1, -0.05) is 127 Å². The van der Waals surface area contributed by atoms with Crippen LogP contribution in [0.4, 0.5) is 11.5 Å². The molecule has 0 saturated heterocycles. The van der Waals surface area contributed by atoms with Gasteiger partial charge in [0, 0.05) is 62.6 Å². The topological polar surface area (TPSA) is 80.6 Å². The highest BCUT2D eigenvalue weighted by Gasteiger charge is 2.38. The van der Waals surface area contributed by atoms with Crippen molar-refractivity contribution < 1.29 is 0 Å². The van der Waals surface area contributed by atoms with E-state index in [1.54, 1.807) is 0 Å². The van der Waals surface area contributed by atoms with Crippen molar-refractivity contribution >= 4 is 33.3 Å². The van der Waals surface area contributed by atoms with Gasteiger partial charge in [-0.25, -0.2) is 24.9 Å². The molecule has 4 aromatic heterocycles. The lowest BCUT2D eigenvalue weighted by molar-refractivity contribution is 0.743. The fourth-order valence-corrected chi connectivity index (χ4v) is 8.16. The number of benzene rings is 5. The normalized spacial score (nSPS) is 15.5. The minimum atomic E-state index is 0.139. The minimum absolute atomic E-state index is 0.139. The number of allylic oxidation sites excluding steroid dienone is 2. The smallest absolute Gasteiger partial charge is 0.164 e. The Hall–Kier alpha value is -7.64. The first kappa shape index (κ1) is 32.8. The molecule has 1 aliphatic heterocycles. The van der Waals surface area contributed by atoms with Crippen molar-refractivity contribution in [2.24, 2.45) is 0 Å². The maximum atomic E-state index is 5.28. The molecule has 2 unspecified atom stereocenters. The Balaban J connectivity index is 1.11. The molecule has 9 aromatic rings. The van der Waals surface area contributed by atoms with Crippen LogP contribution in [0.15, 0.2) is 188 Å². The molecule has 0 saturated carbocycles. The van der Waals surface area contributed by atoms with Crippen LogP contribution in [-0.4, -0.2) is 35.9 Å². The number of pyridine rings is 3. The van der Waals surface area contributed by atoms with Gasteiger partial charge < -0.3 is 4.90 Å². The van der Waals surface area contributed by atoms with E-state index in [4.69, 9.17) is 29.9 Å². The number of hydrogen-bond donors (Lipinski definition) is 0. The third kappa shape index (κ3) is 5.84. The van der Waals surface area contributed by atoms with E-state index in [2.05, 4.69) is 108 Å². The van der Waals surface area contributed by atoms with Gasteiger partial charge in [0.25, 0.3) is 0 Å². The van der Waals surface area contributed by atoms with E-state index < -0.39 is 0 Å². The summed E-state index contributed by atoms with van der Waals surface area (Å²) in [6.07, 6.45) is 12.5. The van der Waals surface area contributed by atoms with E-state index in [9.17, 15) is 0 Å². The van der Waals surface area contributed by atoms with Crippen LogP contribution in [0.3, 0.4) is 0 Å². The second-order valence-corrected chi connectivity index (χ2v) is 14.4. The fraction of sp³-hybridized carbons (Fsp3) is 0.0400. The lowest BCUT2D eigenvalue weighted by Gasteiger charge is -2.28. The molecule has 0 fully saturated rings. The predicted octanol–water partition coefficient (Wildman–Crippen LogP) is 11.4. The van der Waals surface area contributed by atoms with Gasteiger partial charge in [0.05, 0.1) is 22.8 Å². The van der Waals surface area contributed by atoms with Crippen molar-refractivity contribution in [2.75, 3.05) is 4.90 Å². The summed E-state index contributed by atoms with van der Waals surface area (Å²) in [7, 11) is 0. The molecular formula is C50H33N7. The van der Waals surface area contributed by atoms with Gasteiger partial charge in [-0.15, -0.1) is 0 Å². The summed E-state index contributed by atoms with van der Waals surface area (Å²) < 4.78 is 0. The molecular weight excluding hydrogens is 699 g/mol. The second kappa shape index (κ2) is 13.6. The summed E-state index contributed by atoms with van der Waals surface area (Å²) in [5.74, 6) is 3.03. The molecule has 2 aliphatic rings. The van der Waals surface area contributed by atoms with Gasteiger partial charge >= 0.3 is 0 Å². The van der Waals surface area contributed by atoms with Crippen LogP contribution in [0.2, 0.25) is 0 Å². The highest BCUT2D eigenvalue weighted by Crippen LogP contribution is 2.47. The van der Waals surface area contributed by atoms with Crippen LogP contribution in [0, 0.1) is 0 Å². The zero-order valence-electron chi connectivity index (χ0n) is 30.7. The molecule has 57 heavy (non-hydrogen) atoms. The predicted molar refractivity (Wildman–Crippen MR) is 229 cm³/mol. The number of nitrogens with zero attached hydrogens (tertiary/aromatic N) is 7. The van der Waals surface area contributed by atoms with Gasteiger partial charge in [0.1, 0.15) is 5.82 Å². The van der Waals surface area contributed by atoms with E-state index in [1.807, 2.05) is 85.2 Å². The summed E-state index contributed by atoms with van der Waals surface area (Å²) in [5, 5.41) is 2.09. The summed E-state index contributed by atoms with van der Waals surface area (Å²) in [6, 6.07) is 52.3. The fourth-order valence-electron chi connectivity index (χ4n) is 8.16. The first-order valence-electron chi connectivity index (χ1n) is 19.1. The summed E-state index contributed by atoms with van der Waals surface area (Å²) in [5.41, 5.74) is 10.6. The Labute approximate surface area is 329 Å². The number of hydrogen-bond acceptors (Lipinski definition) is 7. The third-order valence-electron chi connectivity index (χ3n) is 10.9. The van der Waals surface area contributed by atoms with E-state index in [0.29, 0.717) is 17.5 Å². The SMILES string of the molecule is C1=CC2c3cccnc3N(c3cccc(-c4cc(-c5ccc6ccc7cccnc7c6n5)cc(-c5nc(-c6ccccc6)nc(-c6ccccc6)n5)c4)c3)C2C=C1. The maximum Gasteiger partial charge on any atom is 0.164 e. The lowest BCUT2D eigenvalue weighted by atomic mass is 9.92. The molecule has 0 spiro atoms. The first-order valence-corrected chi connectivity index (χ1v) is 19.1. The van der Waals surface area contributed by atoms with Crippen molar-refractivity contribution in [3.63, 3.8) is 0 Å². The Morgan fingerprint density at radius 3 is 1.84 bits per heavy atom. The standard InChI is InChI=1S/C50H33N7/c1-3-12-34(13-4-1)47-54-48(35-14-5-2-6-15-35)56-49(55-47)39-29-37(28-38(30-39)43-25-24-33-23-22-32-17-10-26-51-45(32)46(33)53-43)36-16-9-18-40(31-36)57-44-21-8-7-19-41(44)42-20-11-27-52-50(42)57/h1-31,41,44H. The lowest BCUT2D eigenvalue weighted by Crippen LogP contribution is -2.28. The highest BCUT2D eigenvalue weighted by molar-refractivity contribution is 6.03. The van der Waals surface area contributed by atoms with Gasteiger partial charge in [-0.05, 0) is 59.7 Å². The van der Waals surface area contributed by atoms with Crippen LogP contribution >= 0.6 is 0 Å². The molecule has 7 nitrogen and oxygen atoms in total. The van der Waals surface area contributed by atoms with Crippen molar-refractivity contribution in [3.8, 4) is 56.5 Å². The van der Waals surface area contributed by atoms with E-state index >= 15 is 0 Å². The van der Waals surface area contributed by atoms with Crippen molar-refractivity contribution in [3.05, 3.63) is 194 Å². The molecule has 1 aliphatic carbocycles. The Bertz CT molecular complexity index is 2990. The number of aromatic nitrogens is 6. The average Bonchev–Trinajstić information content (AvgIpc) is 3.63. The Morgan fingerprint density at radius 1 is 0.421 bits per heavy atom. The summed E-state index contributed by atoms with van der Waals surface area (Å²) in [6.45, 7) is 0. The second-order valence-electron chi connectivity index (χ2n) is 14.4. The molecule has 2 atom stereocenters. The molecule has 5 heterocycles. The van der Waals surface area contributed by atoms with Crippen LogP contribution < -0.4 is 4.90 Å². The number of rotatable bonds is 6. The molecule has 0 amide bonds. The van der Waals surface area contributed by atoms with Crippen LogP contribution in [0.1, 0.15) is 11.5 Å². The quantitative estimate of drug-likeness (QED) is 0.158. The minimum Gasteiger partial charge on any atom is -0.318 e. The molecule has 0 radical (unpaired) electrons. The Kier molecular flexibility index (Phi) is 7.81. The van der Waals surface area contributed by atoms with E-state index in [1.165, 1.54) is 5.56 Å². The molecule has 268 valence electrons. The molecule has 11 rings (SSSR count). The summed E-state index contributed by atoms with van der Waals surface area (Å²) in [4.78, 5) is 32.5. The largest absolute Gasteiger partial charge is 0.318 e. The number of anilines is 2. The Morgan fingerprint density at radius 2 is 1.05 bits per heavy atom. The van der Waals surface area contributed by atoms with Crippen molar-refractivity contribution in [2.45, 2.75) is 12.0 Å². The molecule has 0 bridgehead atoms. The molecule has 7 heteroatoms. The zero-order chi connectivity index (χ0) is 37.7. The van der Waals surface area contributed by atoms with Gasteiger partial charge in [0.2, 0.25) is 0 Å². The van der Waals surface area contributed by atoms with E-state index in [0.717, 1.165) is 72.4 Å². The molecule has 0 N–H and O–H groups in total. The van der Waals surface area contributed by atoms with Gasteiger partial charge in [0.15, 0.2) is 17.5 Å². The zero-order valence-corrected chi connectivity index (χ0v) is 30.7. The van der Waals surface area contributed by atoms with Gasteiger partial charge in [-0.3, -0.25) is 4.98 Å². The van der Waals surface area contributed by atoms with E-state index in [-0.39, 0.29) is 12.0 Å². The van der Waals surface area contributed by atoms with Crippen molar-refractivity contribution in [1.82, 2.24) is 29.9 Å². The van der Waals surface area contributed by atoms with Crippen LogP contribution in [0.5, 0.6) is 0 Å². The summed E-state index contributed by atoms with van der Waals surface area (Å²) >= 11 is 0. The highest BCUT2D eigenvalue weighted by atomic mass is 15.2. The monoisotopic (exact) mass is 731 g/mol. The maximum absolute atomic E-state index is 5.28. The number of fused-ring (bicyclic) bond motifs is 6. The molecule has 5 aromatic carbocycles. The first-order chi connectivity index (χ1) is 28.2.